The molecular weight excluding hydrogens is 472 g/mol. The van der Waals surface area contributed by atoms with E-state index in [1.807, 2.05) is 68.4 Å². The average molecular weight is 497 g/mol. The molecule has 0 fully saturated rings. The molecular formula is C28H24N4O5. The molecule has 0 bridgehead atoms. The number of carbonyl (C=O) groups excluding carboxylic acids is 1. The Bertz CT molecular complexity index is 1530. The number of fused-ring (bicyclic) bond motifs is 1. The number of hydrogen-bond donors (Lipinski definition) is 1. The highest BCUT2D eigenvalue weighted by molar-refractivity contribution is 6.01. The number of urea groups is 1. The van der Waals surface area contributed by atoms with Crippen molar-refractivity contribution < 1.29 is 23.5 Å². The van der Waals surface area contributed by atoms with E-state index in [0.29, 0.717) is 45.9 Å². The third-order valence-corrected chi connectivity index (χ3v) is 6.49. The zero-order chi connectivity index (χ0) is 25.5. The number of nitrogens with one attached hydrogen (secondary N) is 1. The van der Waals surface area contributed by atoms with Gasteiger partial charge < -0.3 is 24.1 Å². The van der Waals surface area contributed by atoms with Gasteiger partial charge in [0, 0.05) is 17.3 Å². The Kier molecular flexibility index (Phi) is 5.52. The first-order valence-electron chi connectivity index (χ1n) is 11.8. The Morgan fingerprint density at radius 3 is 2.62 bits per heavy atom. The van der Waals surface area contributed by atoms with E-state index in [0.717, 1.165) is 16.7 Å². The van der Waals surface area contributed by atoms with Gasteiger partial charge in [0.25, 0.3) is 5.89 Å². The molecule has 0 aliphatic carbocycles. The summed E-state index contributed by atoms with van der Waals surface area (Å²) < 4.78 is 22.1. The monoisotopic (exact) mass is 496 g/mol. The predicted octanol–water partition coefficient (Wildman–Crippen LogP) is 5.48. The maximum Gasteiger partial charge on any atom is 0.327 e. The van der Waals surface area contributed by atoms with E-state index in [-0.39, 0.29) is 12.8 Å². The molecule has 2 amide bonds. The summed E-state index contributed by atoms with van der Waals surface area (Å²) >= 11 is 0. The van der Waals surface area contributed by atoms with Crippen LogP contribution in [0.5, 0.6) is 17.2 Å². The smallest absolute Gasteiger partial charge is 0.327 e. The second-order valence-corrected chi connectivity index (χ2v) is 8.82. The third kappa shape index (κ3) is 4.04. The molecule has 0 spiro atoms. The minimum Gasteiger partial charge on any atom is -0.497 e. The Morgan fingerprint density at radius 1 is 1.00 bits per heavy atom. The highest BCUT2D eigenvalue weighted by atomic mass is 16.7. The average Bonchev–Trinajstić information content (AvgIpc) is 3.59. The first-order valence-corrected chi connectivity index (χ1v) is 11.8. The molecule has 1 atom stereocenters. The van der Waals surface area contributed by atoms with Gasteiger partial charge in [-0.3, -0.25) is 4.90 Å². The standard InChI is InChI=1S/C28H24N4O5/c1-16-7-9-18(10-8-16)25-24(27-30-26(31-37-27)19-5-4-6-21(13-19)34-3)17(2)32(28(33)29-25)20-11-12-22-23(14-20)36-15-35-22/h4-14,25H,15H2,1-3H3,(H,29,33). The number of nitrogens with zero attached hydrogens (tertiary/aromatic N) is 3. The normalized spacial score (nSPS) is 16.7. The summed E-state index contributed by atoms with van der Waals surface area (Å²) in [6.07, 6.45) is 0. The second-order valence-electron chi connectivity index (χ2n) is 8.82. The number of methoxy groups -OCH3 is 1. The summed E-state index contributed by atoms with van der Waals surface area (Å²) in [4.78, 5) is 19.8. The van der Waals surface area contributed by atoms with Crippen molar-refractivity contribution in [2.45, 2.75) is 19.9 Å². The lowest BCUT2D eigenvalue weighted by Crippen LogP contribution is -2.46. The number of ether oxygens (including phenoxy) is 3. The summed E-state index contributed by atoms with van der Waals surface area (Å²) in [5.41, 5.74) is 4.77. The highest BCUT2D eigenvalue weighted by Crippen LogP contribution is 2.42. The summed E-state index contributed by atoms with van der Waals surface area (Å²) in [6, 6.07) is 20.1. The first-order chi connectivity index (χ1) is 18.0. The summed E-state index contributed by atoms with van der Waals surface area (Å²) in [7, 11) is 1.61. The number of aromatic nitrogens is 2. The van der Waals surface area contributed by atoms with Crippen LogP contribution in [0.1, 0.15) is 30.0 Å². The van der Waals surface area contributed by atoms with E-state index in [9.17, 15) is 4.79 Å². The van der Waals surface area contributed by atoms with Crippen molar-refractivity contribution in [2.24, 2.45) is 0 Å². The van der Waals surface area contributed by atoms with Crippen LogP contribution >= 0.6 is 0 Å². The van der Waals surface area contributed by atoms with Gasteiger partial charge in [0.05, 0.1) is 24.4 Å². The van der Waals surface area contributed by atoms with Crippen molar-refractivity contribution in [1.29, 1.82) is 0 Å². The van der Waals surface area contributed by atoms with Crippen LogP contribution < -0.4 is 24.4 Å². The lowest BCUT2D eigenvalue weighted by Gasteiger charge is -2.35. The van der Waals surface area contributed by atoms with Crippen LogP contribution in [0.3, 0.4) is 0 Å². The molecule has 0 saturated heterocycles. The Labute approximate surface area is 213 Å². The fourth-order valence-corrected chi connectivity index (χ4v) is 4.58. The van der Waals surface area contributed by atoms with Gasteiger partial charge in [0.1, 0.15) is 5.75 Å². The van der Waals surface area contributed by atoms with Crippen LogP contribution in [0.2, 0.25) is 0 Å². The molecule has 6 rings (SSSR count). The molecule has 186 valence electrons. The van der Waals surface area contributed by atoms with Gasteiger partial charge in [-0.15, -0.1) is 0 Å². The molecule has 0 saturated carbocycles. The molecule has 3 heterocycles. The Hall–Kier alpha value is -4.79. The van der Waals surface area contributed by atoms with E-state index in [1.165, 1.54) is 0 Å². The van der Waals surface area contributed by atoms with Gasteiger partial charge in [-0.05, 0) is 43.7 Å². The number of anilines is 1. The van der Waals surface area contributed by atoms with Crippen LogP contribution in [-0.4, -0.2) is 30.1 Å². The summed E-state index contributed by atoms with van der Waals surface area (Å²) in [6.45, 7) is 4.04. The van der Waals surface area contributed by atoms with E-state index in [2.05, 4.69) is 10.5 Å². The van der Waals surface area contributed by atoms with Crippen LogP contribution in [0.15, 0.2) is 77.0 Å². The van der Waals surface area contributed by atoms with Crippen LogP contribution in [-0.2, 0) is 0 Å². The van der Waals surface area contributed by atoms with Crippen molar-refractivity contribution in [2.75, 3.05) is 18.8 Å². The lowest BCUT2D eigenvalue weighted by molar-refractivity contribution is 0.174. The molecule has 1 aromatic heterocycles. The number of aryl methyl sites for hydroxylation is 1. The quantitative estimate of drug-likeness (QED) is 0.390. The van der Waals surface area contributed by atoms with Crippen LogP contribution in [0.4, 0.5) is 10.5 Å². The molecule has 37 heavy (non-hydrogen) atoms. The predicted molar refractivity (Wildman–Crippen MR) is 136 cm³/mol. The topological polar surface area (TPSA) is 99.0 Å². The van der Waals surface area contributed by atoms with Gasteiger partial charge >= 0.3 is 6.03 Å². The Morgan fingerprint density at radius 2 is 1.81 bits per heavy atom. The number of benzene rings is 3. The molecule has 1 unspecified atom stereocenters. The van der Waals surface area contributed by atoms with E-state index in [1.54, 1.807) is 24.1 Å². The largest absolute Gasteiger partial charge is 0.497 e. The van der Waals surface area contributed by atoms with Gasteiger partial charge in [0.2, 0.25) is 12.6 Å². The lowest BCUT2D eigenvalue weighted by atomic mass is 9.94. The van der Waals surface area contributed by atoms with Crippen molar-refractivity contribution in [3.63, 3.8) is 0 Å². The molecule has 2 aliphatic rings. The van der Waals surface area contributed by atoms with Crippen molar-refractivity contribution in [3.05, 3.63) is 89.4 Å². The molecule has 9 nitrogen and oxygen atoms in total. The Balaban J connectivity index is 1.48. The van der Waals surface area contributed by atoms with Gasteiger partial charge in [-0.25, -0.2) is 4.79 Å². The minimum absolute atomic E-state index is 0.148. The van der Waals surface area contributed by atoms with Crippen molar-refractivity contribution in [1.82, 2.24) is 15.5 Å². The van der Waals surface area contributed by atoms with Crippen LogP contribution in [0.25, 0.3) is 17.0 Å². The molecule has 1 N–H and O–H groups in total. The zero-order valence-electron chi connectivity index (χ0n) is 20.5. The fraction of sp³-hybridized carbons (Fsp3) is 0.179. The fourth-order valence-electron chi connectivity index (χ4n) is 4.58. The first kappa shape index (κ1) is 22.7. The SMILES string of the molecule is COc1cccc(-c2noc(C3=C(C)N(c4ccc5c(c4)OCO5)C(=O)NC3c3ccc(C)cc3)n2)c1. The van der Waals surface area contributed by atoms with Gasteiger partial charge in [0.15, 0.2) is 11.5 Å². The number of allylic oxidation sites excluding steroid dienone is 1. The maximum absolute atomic E-state index is 13.5. The third-order valence-electron chi connectivity index (χ3n) is 6.49. The number of rotatable bonds is 5. The van der Waals surface area contributed by atoms with Crippen molar-refractivity contribution in [3.8, 4) is 28.6 Å². The van der Waals surface area contributed by atoms with Crippen molar-refractivity contribution >= 4 is 17.3 Å². The maximum atomic E-state index is 13.5. The molecule has 2 aliphatic heterocycles. The van der Waals surface area contributed by atoms with Gasteiger partial charge in [-0.1, -0.05) is 47.1 Å². The minimum atomic E-state index is -0.489. The van der Waals surface area contributed by atoms with E-state index >= 15 is 0 Å². The molecule has 4 aromatic rings. The number of amides is 2. The zero-order valence-corrected chi connectivity index (χ0v) is 20.5. The van der Waals surface area contributed by atoms with Gasteiger partial charge in [-0.2, -0.15) is 4.98 Å². The molecule has 0 radical (unpaired) electrons. The number of carbonyl (C=O) groups is 1. The molecule has 3 aromatic carbocycles. The molecule has 9 heteroatoms. The second kappa shape index (κ2) is 9.02. The van der Waals surface area contributed by atoms with E-state index in [4.69, 9.17) is 23.7 Å². The highest BCUT2D eigenvalue weighted by Gasteiger charge is 2.37. The summed E-state index contributed by atoms with van der Waals surface area (Å²) in [5.74, 6) is 2.64. The number of hydrogen-bond acceptors (Lipinski definition) is 7. The van der Waals surface area contributed by atoms with E-state index < -0.39 is 6.04 Å². The summed E-state index contributed by atoms with van der Waals surface area (Å²) in [5, 5.41) is 7.36. The van der Waals surface area contributed by atoms with Crippen LogP contribution in [0, 0.1) is 6.92 Å².